The Morgan fingerprint density at radius 1 is 0.268 bits per heavy atom. The van der Waals surface area contributed by atoms with Crippen molar-refractivity contribution in [1.82, 2.24) is 0 Å². The fraction of sp³-hybridized carbons (Fsp3) is 0.250. The summed E-state index contributed by atoms with van der Waals surface area (Å²) < 4.78 is 58.8. The van der Waals surface area contributed by atoms with Gasteiger partial charge in [0.1, 0.15) is 11.5 Å². The molecule has 296 valence electrons. The van der Waals surface area contributed by atoms with Crippen molar-refractivity contribution in [2.75, 3.05) is 0 Å². The van der Waals surface area contributed by atoms with Crippen molar-refractivity contribution < 1.29 is 95.3 Å². The number of carbonyl (C=O) groups excluding carboxylic acids is 9. The highest BCUT2D eigenvalue weighted by Gasteiger charge is 2.31. The van der Waals surface area contributed by atoms with Gasteiger partial charge in [0.2, 0.25) is 28.7 Å². The molecule has 20 nitrogen and oxygen atoms in total. The molecule has 0 spiro atoms. The van der Waals surface area contributed by atoms with Crippen molar-refractivity contribution in [3.05, 3.63) is 30.3 Å². The Labute approximate surface area is 316 Å². The summed E-state index contributed by atoms with van der Waals surface area (Å²) in [5.74, 6) is -15.5. The Morgan fingerprint density at radius 3 is 0.821 bits per heavy atom. The predicted molar refractivity (Wildman–Crippen MR) is 181 cm³/mol. The molecule has 3 aromatic rings. The molecule has 0 amide bonds. The highest BCUT2D eigenvalue weighted by molar-refractivity contribution is 5.83. The standard InChI is InChI=1S/C36H32O20/c1-15(37)46-26-10-24(11-27(47-16(2)38)32(26)52-21(7)43)55-33-28(48-17(3)39)12-25(13-29(33)49-18(4)40)56-35-31(51-20(6)42)14-30(50-19(5)41)34(53-22(8)44)36(35)54-23(9)45/h10-14H,1-9H3. The zero-order valence-electron chi connectivity index (χ0n) is 31.1. The van der Waals surface area contributed by atoms with Crippen LogP contribution in [0.25, 0.3) is 0 Å². The third-order valence-corrected chi connectivity index (χ3v) is 5.81. The number of carbonyl (C=O) groups is 9. The van der Waals surface area contributed by atoms with Crippen LogP contribution in [-0.4, -0.2) is 53.7 Å². The van der Waals surface area contributed by atoms with Crippen LogP contribution >= 0.6 is 0 Å². The lowest BCUT2D eigenvalue weighted by Crippen LogP contribution is -2.13. The van der Waals surface area contributed by atoms with Crippen molar-refractivity contribution in [2.24, 2.45) is 0 Å². The fourth-order valence-corrected chi connectivity index (χ4v) is 4.34. The Balaban J connectivity index is 2.40. The van der Waals surface area contributed by atoms with Crippen LogP contribution in [0.3, 0.4) is 0 Å². The van der Waals surface area contributed by atoms with Crippen LogP contribution in [0, 0.1) is 0 Å². The lowest BCUT2D eigenvalue weighted by atomic mass is 10.2. The third kappa shape index (κ3) is 12.3. The van der Waals surface area contributed by atoms with Gasteiger partial charge in [-0.25, -0.2) is 0 Å². The van der Waals surface area contributed by atoms with E-state index in [4.69, 9.17) is 52.1 Å². The molecule has 3 aromatic carbocycles. The number of benzene rings is 3. The van der Waals surface area contributed by atoms with Gasteiger partial charge in [-0.1, -0.05) is 0 Å². The summed E-state index contributed by atoms with van der Waals surface area (Å²) in [6, 6.07) is 4.91. The maximum absolute atomic E-state index is 12.3. The molecule has 0 fully saturated rings. The number of esters is 9. The largest absolute Gasteiger partial charge is 0.449 e. The Kier molecular flexibility index (Phi) is 14.2. The molecule has 3 rings (SSSR count). The van der Waals surface area contributed by atoms with E-state index in [-0.39, 0.29) is 5.75 Å². The van der Waals surface area contributed by atoms with Crippen LogP contribution in [-0.2, 0) is 43.2 Å². The SMILES string of the molecule is CC(=O)Oc1cc(Oc2c(OC(C)=O)cc(Oc3c(OC(C)=O)cc(OC(C)=O)c(OC(C)=O)c3OC(C)=O)cc2OC(C)=O)cc(OC(C)=O)c1OC(C)=O. The van der Waals surface area contributed by atoms with Gasteiger partial charge in [-0.2, -0.15) is 0 Å². The molecule has 0 aliphatic carbocycles. The van der Waals surface area contributed by atoms with Crippen molar-refractivity contribution in [3.63, 3.8) is 0 Å². The van der Waals surface area contributed by atoms with Gasteiger partial charge in [-0.05, 0) is 0 Å². The molecule has 0 saturated heterocycles. The molecule has 20 heteroatoms. The zero-order chi connectivity index (χ0) is 42.0. The first-order chi connectivity index (χ1) is 26.1. The van der Waals surface area contributed by atoms with Crippen molar-refractivity contribution in [1.29, 1.82) is 0 Å². The lowest BCUT2D eigenvalue weighted by Gasteiger charge is -2.21. The molecule has 0 saturated carbocycles. The molecule has 0 aliphatic rings. The zero-order valence-corrected chi connectivity index (χ0v) is 31.1. The van der Waals surface area contributed by atoms with Crippen LogP contribution in [0.1, 0.15) is 62.3 Å². The van der Waals surface area contributed by atoms with Gasteiger partial charge < -0.3 is 52.1 Å². The minimum Gasteiger partial charge on any atom is -0.449 e. The summed E-state index contributed by atoms with van der Waals surface area (Å²) in [7, 11) is 0. The van der Waals surface area contributed by atoms with Gasteiger partial charge in [0, 0.05) is 92.6 Å². The molecule has 0 aliphatic heterocycles. The van der Waals surface area contributed by atoms with E-state index in [1.165, 1.54) is 0 Å². The van der Waals surface area contributed by atoms with Crippen molar-refractivity contribution >= 4 is 53.7 Å². The highest BCUT2D eigenvalue weighted by atomic mass is 16.6. The van der Waals surface area contributed by atoms with Gasteiger partial charge in [0.05, 0.1) is 0 Å². The molecule has 0 radical (unpaired) electrons. The van der Waals surface area contributed by atoms with Crippen molar-refractivity contribution in [2.45, 2.75) is 62.3 Å². The second-order valence-corrected chi connectivity index (χ2v) is 10.9. The molecule has 0 N–H and O–H groups in total. The average molecular weight is 785 g/mol. The maximum Gasteiger partial charge on any atom is 0.308 e. The maximum atomic E-state index is 12.3. The van der Waals surface area contributed by atoms with Gasteiger partial charge in [0.25, 0.3) is 0 Å². The first-order valence-electron chi connectivity index (χ1n) is 15.7. The molecule has 0 unspecified atom stereocenters. The molecule has 0 heterocycles. The lowest BCUT2D eigenvalue weighted by molar-refractivity contribution is -0.135. The van der Waals surface area contributed by atoms with Crippen LogP contribution in [0.15, 0.2) is 30.3 Å². The molecule has 0 atom stereocenters. The van der Waals surface area contributed by atoms with E-state index >= 15 is 0 Å². The van der Waals surface area contributed by atoms with Gasteiger partial charge in [-0.3, -0.25) is 43.2 Å². The summed E-state index contributed by atoms with van der Waals surface area (Å²) in [5, 5.41) is 0. The van der Waals surface area contributed by atoms with E-state index in [9.17, 15) is 43.2 Å². The van der Waals surface area contributed by atoms with Crippen LogP contribution in [0.4, 0.5) is 0 Å². The van der Waals surface area contributed by atoms with Crippen LogP contribution in [0.5, 0.6) is 74.7 Å². The monoisotopic (exact) mass is 784 g/mol. The Hall–Kier alpha value is -7.51. The number of hydrogen-bond acceptors (Lipinski definition) is 20. The van der Waals surface area contributed by atoms with E-state index in [2.05, 4.69) is 0 Å². The quantitative estimate of drug-likeness (QED) is 0.169. The second-order valence-electron chi connectivity index (χ2n) is 10.9. The molecule has 0 aromatic heterocycles. The van der Waals surface area contributed by atoms with E-state index in [1.54, 1.807) is 0 Å². The fourth-order valence-electron chi connectivity index (χ4n) is 4.34. The van der Waals surface area contributed by atoms with Gasteiger partial charge in [-0.15, -0.1) is 0 Å². The molecular formula is C36H32O20. The second kappa shape index (κ2) is 18.5. The summed E-state index contributed by atoms with van der Waals surface area (Å²) in [5.41, 5.74) is 0. The summed E-state index contributed by atoms with van der Waals surface area (Å²) in [6.07, 6.45) is 0. The predicted octanol–water partition coefficient (Wildman–Crippen LogP) is 4.60. The Bertz CT molecular complexity index is 2070. The van der Waals surface area contributed by atoms with Crippen LogP contribution in [0.2, 0.25) is 0 Å². The molecule has 0 bridgehead atoms. The first kappa shape index (κ1) is 42.9. The number of ether oxygens (including phenoxy) is 11. The first-order valence-corrected chi connectivity index (χ1v) is 15.7. The summed E-state index contributed by atoms with van der Waals surface area (Å²) in [4.78, 5) is 109. The normalized spacial score (nSPS) is 10.2. The summed E-state index contributed by atoms with van der Waals surface area (Å²) >= 11 is 0. The van der Waals surface area contributed by atoms with E-state index in [0.29, 0.717) is 0 Å². The molecular weight excluding hydrogens is 752 g/mol. The minimum absolute atomic E-state index is 0.342. The smallest absolute Gasteiger partial charge is 0.308 e. The summed E-state index contributed by atoms with van der Waals surface area (Å²) in [6.45, 7) is 8.96. The third-order valence-electron chi connectivity index (χ3n) is 5.81. The van der Waals surface area contributed by atoms with Crippen LogP contribution < -0.4 is 52.1 Å². The van der Waals surface area contributed by atoms with Crippen molar-refractivity contribution in [3.8, 4) is 74.7 Å². The van der Waals surface area contributed by atoms with E-state index < -0.39 is 123 Å². The highest BCUT2D eigenvalue weighted by Crippen LogP contribution is 2.54. The Morgan fingerprint density at radius 2 is 0.500 bits per heavy atom. The molecule has 56 heavy (non-hydrogen) atoms. The minimum atomic E-state index is -1.03. The van der Waals surface area contributed by atoms with E-state index in [0.717, 1.165) is 92.6 Å². The topological polar surface area (TPSA) is 255 Å². The number of hydrogen-bond donors (Lipinski definition) is 0. The van der Waals surface area contributed by atoms with Gasteiger partial charge >= 0.3 is 53.7 Å². The average Bonchev–Trinajstić information content (AvgIpc) is 3.01. The van der Waals surface area contributed by atoms with E-state index in [1.807, 2.05) is 0 Å². The number of rotatable bonds is 13. The van der Waals surface area contributed by atoms with Gasteiger partial charge in [0.15, 0.2) is 34.5 Å².